The van der Waals surface area contributed by atoms with Crippen molar-refractivity contribution in [3.8, 4) is 17.6 Å². The second-order valence-electron chi connectivity index (χ2n) is 15.7. The van der Waals surface area contributed by atoms with Crippen LogP contribution in [0.5, 0.6) is 17.6 Å². The van der Waals surface area contributed by atoms with Crippen molar-refractivity contribution in [3.63, 3.8) is 0 Å². The SMILES string of the molecule is CC(C)Oc1ccnc(N)n1.CC(C)Oc1nc(N)ncc1I.CC(C)Oc1nc2nc(C34COC(C)(C3)C4)cn2cc1I.CC12CC(C(=O)CBr)(CO1)C2. The normalized spacial score (nSPS) is 25.5. The van der Waals surface area contributed by atoms with Crippen LogP contribution in [-0.2, 0) is 19.7 Å². The number of hydrogen-bond donors (Lipinski definition) is 2. The number of carbonyl (C=O) groups excluding carboxylic acids is 1. The predicted molar refractivity (Wildman–Crippen MR) is 229 cm³/mol. The summed E-state index contributed by atoms with van der Waals surface area (Å²) in [6, 6.07) is 1.68. The number of hydrogen-bond acceptors (Lipinski definition) is 14. The number of nitrogen functional groups attached to an aromatic ring is 2. The van der Waals surface area contributed by atoms with E-state index in [1.165, 1.54) is 0 Å². The first-order valence-electron chi connectivity index (χ1n) is 18.1. The number of Topliss-reactive ketones (excluding diaryl/α,β-unsaturated/α-hetero) is 1. The Hall–Kier alpha value is -2.69. The zero-order valence-corrected chi connectivity index (χ0v) is 38.3. The molecule has 0 unspecified atom stereocenters. The standard InChI is InChI=1S/C15H18IN3O2.C8H11BrO2.C7H10IN3O.C7H11N3O/c1-9(2)21-12-10(16)4-19-5-11(17-13(19)18-12)15-6-14(3,7-15)20-8-15;1-7-3-8(4-7,5-11-7)6(10)2-9;1-4(2)12-6-5(8)3-10-7(9)11-6;1-5(2)11-6-3-4-9-7(8)10-6/h4-5,9H,6-8H2,1-3H3;2-5H2,1H3;3-4H,1-2H3,(H2,9,10,11);3-5H,1-2H3,(H2,8,9,10). The Kier molecular flexibility index (Phi) is 13.8. The van der Waals surface area contributed by atoms with Crippen molar-refractivity contribution in [2.75, 3.05) is 30.0 Å². The fourth-order valence-electron chi connectivity index (χ4n) is 7.25. The zero-order valence-electron chi connectivity index (χ0n) is 32.4. The van der Waals surface area contributed by atoms with Crippen LogP contribution in [0, 0.1) is 12.6 Å². The number of ketones is 1. The fourth-order valence-corrected chi connectivity index (χ4v) is 8.78. The van der Waals surface area contributed by atoms with Gasteiger partial charge in [-0.15, -0.1) is 0 Å². The number of fused-ring (bicyclic) bond motifs is 3. The maximum atomic E-state index is 11.4. The molecule has 0 atom stereocenters. The number of halogens is 3. The molecule has 8 heterocycles. The minimum Gasteiger partial charge on any atom is -0.475 e. The number of ether oxygens (including phenoxy) is 5. The van der Waals surface area contributed by atoms with Crippen LogP contribution in [0.15, 0.2) is 30.9 Å². The number of aromatic nitrogens is 7. The van der Waals surface area contributed by atoms with Crippen molar-refractivity contribution in [1.82, 2.24) is 34.3 Å². The van der Waals surface area contributed by atoms with Gasteiger partial charge in [-0.3, -0.25) is 9.20 Å². The molecule has 0 aromatic carbocycles. The first-order valence-corrected chi connectivity index (χ1v) is 21.3. The highest BCUT2D eigenvalue weighted by Gasteiger charge is 2.63. The van der Waals surface area contributed by atoms with Gasteiger partial charge in [-0.25, -0.2) is 15.0 Å². The monoisotopic (exact) mass is 1050 g/mol. The van der Waals surface area contributed by atoms with Crippen LogP contribution < -0.4 is 25.7 Å². The molecule has 0 amide bonds. The maximum Gasteiger partial charge on any atom is 0.237 e. The van der Waals surface area contributed by atoms with E-state index < -0.39 is 0 Å². The average Bonchev–Trinajstić information content (AvgIpc) is 3.88. The maximum absolute atomic E-state index is 11.4. The summed E-state index contributed by atoms with van der Waals surface area (Å²) in [5, 5.41) is 0.479. The van der Waals surface area contributed by atoms with Crippen LogP contribution >= 0.6 is 61.1 Å². The fraction of sp³-hybridized carbons (Fsp3) is 0.595. The average molecular weight is 1050 g/mol. The smallest absolute Gasteiger partial charge is 0.237 e. The number of nitrogens with two attached hydrogens (primary N) is 2. The second kappa shape index (κ2) is 17.4. The van der Waals surface area contributed by atoms with Gasteiger partial charge in [0, 0.05) is 36.3 Å². The molecule has 0 spiro atoms. The molecular formula is C37H50BrI2N9O6. The van der Waals surface area contributed by atoms with Gasteiger partial charge in [0.15, 0.2) is 5.78 Å². The Morgan fingerprint density at radius 1 is 0.818 bits per heavy atom. The molecule has 18 heteroatoms. The summed E-state index contributed by atoms with van der Waals surface area (Å²) in [6.45, 7) is 17.4. The molecule has 4 N–H and O–H groups in total. The molecule has 2 aliphatic carbocycles. The Morgan fingerprint density at radius 3 is 1.93 bits per heavy atom. The number of nitrogens with zero attached hydrogens (tertiary/aromatic N) is 7. The highest BCUT2D eigenvalue weighted by molar-refractivity contribution is 14.1. The highest BCUT2D eigenvalue weighted by atomic mass is 127. The van der Waals surface area contributed by atoms with Crippen LogP contribution in [0.2, 0.25) is 0 Å². The van der Waals surface area contributed by atoms with E-state index >= 15 is 0 Å². The number of carbonyl (C=O) groups is 1. The van der Waals surface area contributed by atoms with E-state index in [1.807, 2.05) is 52.1 Å². The minimum absolute atomic E-state index is 0.0395. The Morgan fingerprint density at radius 2 is 1.40 bits per heavy atom. The van der Waals surface area contributed by atoms with Crippen LogP contribution in [0.1, 0.15) is 86.8 Å². The molecule has 6 fully saturated rings. The zero-order chi connectivity index (χ0) is 40.3. The quantitative estimate of drug-likeness (QED) is 0.132. The lowest BCUT2D eigenvalue weighted by atomic mass is 9.61. The number of alkyl halides is 1. The molecule has 0 radical (unpaired) electrons. The number of imidazole rings is 1. The summed E-state index contributed by atoms with van der Waals surface area (Å²) >= 11 is 7.56. The van der Waals surface area contributed by atoms with Crippen LogP contribution in [-0.4, -0.2) is 88.1 Å². The van der Waals surface area contributed by atoms with E-state index in [0.29, 0.717) is 41.1 Å². The largest absolute Gasteiger partial charge is 0.475 e. The van der Waals surface area contributed by atoms with Crippen LogP contribution in [0.3, 0.4) is 0 Å². The van der Waals surface area contributed by atoms with Gasteiger partial charge in [0.1, 0.15) is 0 Å². The van der Waals surface area contributed by atoms with Gasteiger partial charge in [0.25, 0.3) is 0 Å². The Bertz CT molecular complexity index is 1970. The van der Waals surface area contributed by atoms with E-state index in [4.69, 9.17) is 40.1 Å². The van der Waals surface area contributed by atoms with Crippen molar-refractivity contribution in [2.45, 2.75) is 116 Å². The van der Waals surface area contributed by atoms with Gasteiger partial charge in [-0.2, -0.15) is 15.0 Å². The first-order chi connectivity index (χ1) is 25.8. The van der Waals surface area contributed by atoms with Crippen molar-refractivity contribution in [1.29, 1.82) is 0 Å². The molecule has 55 heavy (non-hydrogen) atoms. The van der Waals surface area contributed by atoms with Crippen molar-refractivity contribution in [2.24, 2.45) is 5.41 Å². The van der Waals surface area contributed by atoms with E-state index in [0.717, 1.165) is 45.1 Å². The van der Waals surface area contributed by atoms with E-state index in [2.05, 4.69) is 106 Å². The molecule has 15 nitrogen and oxygen atoms in total. The topological polar surface area (TPSA) is 197 Å². The summed E-state index contributed by atoms with van der Waals surface area (Å²) in [5.41, 5.74) is 11.9. The predicted octanol–water partition coefficient (Wildman–Crippen LogP) is 6.76. The van der Waals surface area contributed by atoms with Gasteiger partial charge in [0.2, 0.25) is 35.3 Å². The molecule has 10 rings (SSSR count). The molecule has 4 saturated heterocycles. The summed E-state index contributed by atoms with van der Waals surface area (Å²) in [5.74, 6) is 3.23. The van der Waals surface area contributed by atoms with E-state index in [9.17, 15) is 4.79 Å². The van der Waals surface area contributed by atoms with Crippen LogP contribution in [0.25, 0.3) is 5.78 Å². The lowest BCUT2D eigenvalue weighted by molar-refractivity contribution is -0.129. The van der Waals surface area contributed by atoms with Crippen molar-refractivity contribution >= 4 is 84.6 Å². The van der Waals surface area contributed by atoms with Gasteiger partial charge in [-0.05, 0) is 126 Å². The van der Waals surface area contributed by atoms with Crippen molar-refractivity contribution in [3.05, 3.63) is 43.7 Å². The molecular weight excluding hydrogens is 1000 g/mol. The summed E-state index contributed by atoms with van der Waals surface area (Å²) in [6.07, 6.45) is 11.7. The van der Waals surface area contributed by atoms with Gasteiger partial charge >= 0.3 is 0 Å². The third-order valence-electron chi connectivity index (χ3n) is 9.30. The van der Waals surface area contributed by atoms with Crippen molar-refractivity contribution < 1.29 is 28.5 Å². The molecule has 4 aromatic rings. The van der Waals surface area contributed by atoms with E-state index in [1.54, 1.807) is 18.5 Å². The minimum atomic E-state index is -0.0990. The summed E-state index contributed by atoms with van der Waals surface area (Å²) < 4.78 is 31.6. The van der Waals surface area contributed by atoms with E-state index in [-0.39, 0.29) is 52.2 Å². The molecule has 4 bridgehead atoms. The van der Waals surface area contributed by atoms with Gasteiger partial charge in [-0.1, -0.05) is 15.9 Å². The molecule has 4 aromatic heterocycles. The Balaban J connectivity index is 0.000000148. The lowest BCUT2D eigenvalue weighted by Gasteiger charge is -2.41. The molecule has 6 aliphatic rings. The highest BCUT2D eigenvalue weighted by Crippen LogP contribution is 2.59. The van der Waals surface area contributed by atoms with Gasteiger partial charge in [0.05, 0.1) is 66.3 Å². The Labute approximate surface area is 357 Å². The van der Waals surface area contributed by atoms with Gasteiger partial charge < -0.3 is 35.2 Å². The molecule has 2 saturated carbocycles. The first kappa shape index (κ1) is 43.4. The molecule has 4 aliphatic heterocycles. The third-order valence-corrected chi connectivity index (χ3v) is 11.3. The number of rotatable bonds is 9. The third kappa shape index (κ3) is 10.6. The number of anilines is 2. The second-order valence-corrected chi connectivity index (χ2v) is 18.5. The molecule has 300 valence electrons. The lowest BCUT2D eigenvalue weighted by Crippen LogP contribution is -2.47. The van der Waals surface area contributed by atoms with Crippen LogP contribution in [0.4, 0.5) is 11.9 Å². The summed E-state index contributed by atoms with van der Waals surface area (Å²) in [7, 11) is 0. The summed E-state index contributed by atoms with van der Waals surface area (Å²) in [4.78, 5) is 36.0.